The van der Waals surface area contributed by atoms with E-state index in [2.05, 4.69) is 20.8 Å². The highest BCUT2D eigenvalue weighted by molar-refractivity contribution is 8.03. The summed E-state index contributed by atoms with van der Waals surface area (Å²) >= 11 is 0. The van der Waals surface area contributed by atoms with E-state index in [1.165, 1.54) is 5.56 Å². The first-order chi connectivity index (χ1) is 10.3. The first-order valence-electron chi connectivity index (χ1n) is 7.24. The van der Waals surface area contributed by atoms with Gasteiger partial charge < -0.3 is 4.74 Å². The first-order valence-corrected chi connectivity index (χ1v) is 10.9. The molecule has 1 aromatic carbocycles. The maximum atomic E-state index is 12.4. The Balaban J connectivity index is 1.70. The maximum absolute atomic E-state index is 12.4. The molecule has 1 aromatic rings. The van der Waals surface area contributed by atoms with Crippen molar-refractivity contribution in [3.63, 3.8) is 0 Å². The van der Waals surface area contributed by atoms with E-state index in [4.69, 9.17) is 4.74 Å². The summed E-state index contributed by atoms with van der Waals surface area (Å²) in [5.41, 5.74) is 2.38. The van der Waals surface area contributed by atoms with Crippen LogP contribution in [0.2, 0.25) is 0 Å². The number of rotatable bonds is 3. The molecule has 122 valence electrons. The van der Waals surface area contributed by atoms with Gasteiger partial charge in [-0.1, -0.05) is 18.2 Å². The molecule has 22 heavy (non-hydrogen) atoms. The van der Waals surface area contributed by atoms with Crippen molar-refractivity contribution in [1.29, 1.82) is 0 Å². The molecule has 2 aliphatic heterocycles. The van der Waals surface area contributed by atoms with Gasteiger partial charge in [0.25, 0.3) is 10.0 Å². The number of ether oxygens (including phenoxy) is 1. The minimum absolute atomic E-state index is 0.302. The molecule has 0 atom stereocenters. The maximum Gasteiger partial charge on any atom is 0.257 e. The van der Waals surface area contributed by atoms with Crippen molar-refractivity contribution in [2.75, 3.05) is 37.5 Å². The van der Waals surface area contributed by atoms with Gasteiger partial charge in [0.2, 0.25) is 0 Å². The molecule has 1 fully saturated rings. The minimum atomic E-state index is -3.56. The third kappa shape index (κ3) is 3.61. The molecule has 2 heterocycles. The Hall–Kier alpha value is -1.12. The quantitative estimate of drug-likeness (QED) is 0.813. The van der Waals surface area contributed by atoms with Crippen LogP contribution < -0.4 is 4.74 Å². The molecule has 2 aliphatic rings. The van der Waals surface area contributed by atoms with Crippen LogP contribution >= 0.6 is 0 Å². The van der Waals surface area contributed by atoms with Crippen molar-refractivity contribution in [2.24, 2.45) is 3.77 Å². The molecular formula is C14H20N2O4S2. The van der Waals surface area contributed by atoms with E-state index < -0.39 is 19.8 Å². The molecule has 0 bridgehead atoms. The number of benzene rings is 1. The summed E-state index contributed by atoms with van der Waals surface area (Å²) in [4.78, 5) is 2.18. The molecule has 6 nitrogen and oxygen atoms in total. The summed E-state index contributed by atoms with van der Waals surface area (Å²) in [6, 6.07) is 6.17. The summed E-state index contributed by atoms with van der Waals surface area (Å²) in [6.45, 7) is 2.63. The van der Waals surface area contributed by atoms with Crippen molar-refractivity contribution in [3.8, 4) is 5.75 Å². The molecule has 0 amide bonds. The summed E-state index contributed by atoms with van der Waals surface area (Å²) in [6.07, 6.45) is 1.95. The van der Waals surface area contributed by atoms with Gasteiger partial charge in [0.15, 0.2) is 0 Å². The van der Waals surface area contributed by atoms with Crippen molar-refractivity contribution in [3.05, 3.63) is 29.3 Å². The zero-order valence-corrected chi connectivity index (χ0v) is 14.2. The van der Waals surface area contributed by atoms with Crippen LogP contribution in [0.5, 0.6) is 5.75 Å². The summed E-state index contributed by atoms with van der Waals surface area (Å²) in [5, 5.41) is 0. The fraction of sp³-hybridized carbons (Fsp3) is 0.571. The molecule has 3 rings (SSSR count). The largest absolute Gasteiger partial charge is 0.493 e. The van der Waals surface area contributed by atoms with Crippen LogP contribution in [-0.2, 0) is 32.7 Å². The van der Waals surface area contributed by atoms with Crippen LogP contribution in [0.3, 0.4) is 0 Å². The van der Waals surface area contributed by atoms with Crippen LogP contribution in [0.15, 0.2) is 22.0 Å². The molecule has 0 unspecified atom stereocenters. The monoisotopic (exact) mass is 344 g/mol. The number of hydrogen-bond donors (Lipinski definition) is 0. The Morgan fingerprint density at radius 2 is 2.05 bits per heavy atom. The molecule has 0 N–H and O–H groups in total. The average Bonchev–Trinajstić information content (AvgIpc) is 2.89. The van der Waals surface area contributed by atoms with E-state index in [-0.39, 0.29) is 0 Å². The highest BCUT2D eigenvalue weighted by atomic mass is 32.3. The molecule has 0 radical (unpaired) electrons. The molecule has 0 saturated carbocycles. The second-order valence-corrected chi connectivity index (χ2v) is 10.2. The van der Waals surface area contributed by atoms with E-state index in [0.29, 0.717) is 24.6 Å². The van der Waals surface area contributed by atoms with Crippen LogP contribution in [0.1, 0.15) is 11.1 Å². The van der Waals surface area contributed by atoms with Crippen molar-refractivity contribution >= 4 is 19.8 Å². The van der Waals surface area contributed by atoms with Crippen LogP contribution in [0.25, 0.3) is 0 Å². The number of hydrogen-bond acceptors (Lipinski definition) is 5. The van der Waals surface area contributed by atoms with Crippen molar-refractivity contribution in [1.82, 2.24) is 4.90 Å². The number of para-hydroxylation sites is 1. The lowest BCUT2D eigenvalue weighted by Crippen LogP contribution is -2.39. The van der Waals surface area contributed by atoms with E-state index in [9.17, 15) is 12.6 Å². The van der Waals surface area contributed by atoms with Crippen LogP contribution in [-0.4, -0.2) is 55.0 Å². The molecule has 8 heteroatoms. The predicted molar refractivity (Wildman–Crippen MR) is 86.1 cm³/mol. The standard InChI is InChI=1S/C14H20N2O4S2/c1-21(17,18)15-22(19)9-6-16(7-10-22)11-13-4-2-3-12-5-8-20-14(12)13/h2-4H,5-11H2,1H3. The zero-order chi connectivity index (χ0) is 15.8. The van der Waals surface area contributed by atoms with Crippen LogP contribution in [0.4, 0.5) is 0 Å². The minimum Gasteiger partial charge on any atom is -0.493 e. The molecule has 0 aliphatic carbocycles. The Morgan fingerprint density at radius 3 is 2.73 bits per heavy atom. The Bertz CT molecular complexity index is 781. The first kappa shape index (κ1) is 15.8. The van der Waals surface area contributed by atoms with Gasteiger partial charge >= 0.3 is 0 Å². The lowest BCUT2D eigenvalue weighted by Gasteiger charge is -2.28. The van der Waals surface area contributed by atoms with Gasteiger partial charge in [-0.2, -0.15) is 0 Å². The Morgan fingerprint density at radius 1 is 1.32 bits per heavy atom. The van der Waals surface area contributed by atoms with E-state index in [1.54, 1.807) is 0 Å². The third-order valence-corrected chi connectivity index (χ3v) is 7.72. The molecular weight excluding hydrogens is 324 g/mol. The molecule has 0 aromatic heterocycles. The Kier molecular flexibility index (Phi) is 4.17. The molecule has 0 spiro atoms. The number of nitrogens with zero attached hydrogens (tertiary/aromatic N) is 2. The van der Waals surface area contributed by atoms with Crippen molar-refractivity contribution in [2.45, 2.75) is 13.0 Å². The summed E-state index contributed by atoms with van der Waals surface area (Å²) in [7, 11) is -6.18. The van der Waals surface area contributed by atoms with E-state index >= 15 is 0 Å². The second-order valence-electron chi connectivity index (χ2n) is 5.77. The van der Waals surface area contributed by atoms with Gasteiger partial charge in [0.05, 0.1) is 22.6 Å². The van der Waals surface area contributed by atoms with Gasteiger partial charge in [-0.15, -0.1) is 3.77 Å². The predicted octanol–water partition coefficient (Wildman–Crippen LogP) is 0.865. The average molecular weight is 344 g/mol. The third-order valence-electron chi connectivity index (χ3n) is 3.91. The zero-order valence-electron chi connectivity index (χ0n) is 12.5. The van der Waals surface area contributed by atoms with Gasteiger partial charge in [-0.05, 0) is 5.56 Å². The van der Waals surface area contributed by atoms with Gasteiger partial charge in [0, 0.05) is 43.1 Å². The topological polar surface area (TPSA) is 76.0 Å². The highest BCUT2D eigenvalue weighted by Gasteiger charge is 2.24. The Labute approximate surface area is 131 Å². The summed E-state index contributed by atoms with van der Waals surface area (Å²) in [5.74, 6) is 1.58. The van der Waals surface area contributed by atoms with Gasteiger partial charge in [0.1, 0.15) is 5.75 Å². The van der Waals surface area contributed by atoms with Crippen LogP contribution in [0, 0.1) is 0 Å². The fourth-order valence-electron chi connectivity index (χ4n) is 2.89. The van der Waals surface area contributed by atoms with E-state index in [1.807, 2.05) is 6.07 Å². The smallest absolute Gasteiger partial charge is 0.257 e. The summed E-state index contributed by atoms with van der Waals surface area (Å²) < 4.78 is 44.1. The normalized spacial score (nSPS) is 21.1. The van der Waals surface area contributed by atoms with Gasteiger partial charge in [-0.25, -0.2) is 12.6 Å². The molecule has 1 saturated heterocycles. The number of fused-ring (bicyclic) bond motifs is 1. The second kappa shape index (κ2) is 5.82. The van der Waals surface area contributed by atoms with Gasteiger partial charge in [-0.3, -0.25) is 4.90 Å². The lowest BCUT2D eigenvalue weighted by molar-refractivity contribution is 0.282. The van der Waals surface area contributed by atoms with Crippen molar-refractivity contribution < 1.29 is 17.4 Å². The van der Waals surface area contributed by atoms with E-state index in [0.717, 1.165) is 37.1 Å². The fourth-order valence-corrected chi connectivity index (χ4v) is 6.75. The highest BCUT2D eigenvalue weighted by Crippen LogP contribution is 2.30. The SMILES string of the molecule is CS(=O)(=O)N=S1(=O)CCN(Cc2cccc3c2OCC3)CC1. The lowest BCUT2D eigenvalue weighted by atomic mass is 10.1. The number of sulfonamides is 1.